The van der Waals surface area contributed by atoms with Crippen LogP contribution < -0.4 is 18.9 Å². The highest BCUT2D eigenvalue weighted by molar-refractivity contribution is 9.10. The second-order valence-electron chi connectivity index (χ2n) is 6.28. The van der Waals surface area contributed by atoms with Crippen molar-refractivity contribution in [3.63, 3.8) is 0 Å². The smallest absolute Gasteiger partial charge is 0.161 e. The minimum Gasteiger partial charge on any atom is -0.493 e. The van der Waals surface area contributed by atoms with Crippen molar-refractivity contribution in [2.24, 2.45) is 0 Å². The normalized spacial score (nSPS) is 17.0. The van der Waals surface area contributed by atoms with Crippen LogP contribution in [0.1, 0.15) is 6.42 Å². The Bertz CT molecular complexity index is 809. The van der Waals surface area contributed by atoms with Gasteiger partial charge in [-0.2, -0.15) is 0 Å². The number of likely N-dealkylation sites (tertiary alicyclic amines) is 1. The van der Waals surface area contributed by atoms with E-state index in [4.69, 9.17) is 25.8 Å². The molecule has 1 aliphatic rings. The van der Waals surface area contributed by atoms with Gasteiger partial charge in [0.1, 0.15) is 11.9 Å². The first kappa shape index (κ1) is 20.5. The fourth-order valence-electron chi connectivity index (χ4n) is 2.86. The number of nitrogens with zero attached hydrogens (tertiary/aromatic N) is 1. The number of ether oxygens (including phenoxy) is 3. The van der Waals surface area contributed by atoms with Gasteiger partial charge < -0.3 is 23.8 Å². The van der Waals surface area contributed by atoms with Gasteiger partial charge in [-0.05, 0) is 59.5 Å². The number of methoxy groups -OCH3 is 2. The fraction of sp³-hybridized carbons (Fsp3) is 0.368. The molecule has 1 N–H and O–H groups in total. The van der Waals surface area contributed by atoms with Gasteiger partial charge in [0.05, 0.1) is 19.2 Å². The summed E-state index contributed by atoms with van der Waals surface area (Å²) in [5.74, 6) is 2.06. The summed E-state index contributed by atoms with van der Waals surface area (Å²) < 4.78 is 21.0. The molecule has 2 aromatic rings. The van der Waals surface area contributed by atoms with Gasteiger partial charge in [0.25, 0.3) is 0 Å². The molecule has 0 spiro atoms. The van der Waals surface area contributed by atoms with E-state index >= 15 is 0 Å². The molecule has 0 amide bonds. The number of likely N-dealkylation sites (N-methyl/N-ethyl adjacent to an activating group) is 1. The fourth-order valence-corrected chi connectivity index (χ4v) is 4.26. The lowest BCUT2D eigenvalue weighted by atomic mass is 10.3. The van der Waals surface area contributed by atoms with Gasteiger partial charge in [-0.15, -0.1) is 0 Å². The van der Waals surface area contributed by atoms with Crippen molar-refractivity contribution in [3.8, 4) is 17.2 Å². The first-order valence-corrected chi connectivity index (χ1v) is 10.5. The molecule has 2 aromatic carbocycles. The highest BCUT2D eigenvalue weighted by atomic mass is 79.9. The molecule has 0 saturated carbocycles. The van der Waals surface area contributed by atoms with Gasteiger partial charge in [0.15, 0.2) is 11.5 Å². The van der Waals surface area contributed by atoms with Crippen LogP contribution in [-0.2, 0) is 0 Å². The molecular weight excluding hydrogens is 452 g/mol. The molecule has 1 fully saturated rings. The summed E-state index contributed by atoms with van der Waals surface area (Å²) in [5, 5.41) is 0.618. The molecule has 0 radical (unpaired) electrons. The Morgan fingerprint density at radius 1 is 1.15 bits per heavy atom. The number of rotatable bonds is 7. The third-order valence-electron chi connectivity index (χ3n) is 4.29. The Hall–Kier alpha value is -1.28. The van der Waals surface area contributed by atoms with Gasteiger partial charge >= 0.3 is 0 Å². The van der Waals surface area contributed by atoms with E-state index in [1.807, 2.05) is 30.3 Å². The van der Waals surface area contributed by atoms with Crippen molar-refractivity contribution < 1.29 is 14.2 Å². The standard InChI is InChI=1S/C19H22BrClN2O3S/c1-23-7-6-13(11-23)26-16-8-12(4-5-15(16)21)22-27-19-10-18(25-3)17(24-2)9-14(19)20/h4-5,8-10,13,22H,6-7,11H2,1-3H3/t13-/m1/s1. The van der Waals surface area contributed by atoms with E-state index in [9.17, 15) is 0 Å². The molecule has 1 atom stereocenters. The molecule has 0 aromatic heterocycles. The SMILES string of the molecule is COc1cc(Br)c(SNc2ccc(Cl)c(O[C@@H]3CCN(C)C3)c2)cc1OC. The average Bonchev–Trinajstić information content (AvgIpc) is 3.07. The van der Waals surface area contributed by atoms with Gasteiger partial charge in [0, 0.05) is 40.3 Å². The van der Waals surface area contributed by atoms with Crippen LogP contribution in [0, 0.1) is 0 Å². The van der Waals surface area contributed by atoms with Crippen LogP contribution in [0.5, 0.6) is 17.2 Å². The van der Waals surface area contributed by atoms with E-state index < -0.39 is 0 Å². The van der Waals surface area contributed by atoms with Crippen molar-refractivity contribution in [2.45, 2.75) is 17.4 Å². The topological polar surface area (TPSA) is 43.0 Å². The van der Waals surface area contributed by atoms with Crippen molar-refractivity contribution in [1.29, 1.82) is 0 Å². The Balaban J connectivity index is 1.70. The van der Waals surface area contributed by atoms with E-state index in [2.05, 4.69) is 32.6 Å². The van der Waals surface area contributed by atoms with Crippen LogP contribution >= 0.6 is 39.5 Å². The second kappa shape index (κ2) is 9.28. The predicted octanol–water partition coefficient (Wildman–Crippen LogP) is 5.32. The van der Waals surface area contributed by atoms with Crippen molar-refractivity contribution in [1.82, 2.24) is 4.90 Å². The number of halogens is 2. The lowest BCUT2D eigenvalue weighted by molar-refractivity contribution is 0.208. The third-order valence-corrected chi connectivity index (χ3v) is 6.42. The zero-order valence-corrected chi connectivity index (χ0v) is 18.6. The highest BCUT2D eigenvalue weighted by Gasteiger charge is 2.22. The summed E-state index contributed by atoms with van der Waals surface area (Å²) in [7, 11) is 5.34. The lowest BCUT2D eigenvalue weighted by Crippen LogP contribution is -2.21. The number of hydrogen-bond acceptors (Lipinski definition) is 6. The first-order valence-electron chi connectivity index (χ1n) is 8.49. The predicted molar refractivity (Wildman–Crippen MR) is 115 cm³/mol. The molecule has 27 heavy (non-hydrogen) atoms. The van der Waals surface area contributed by atoms with Gasteiger partial charge in [-0.1, -0.05) is 11.6 Å². The highest BCUT2D eigenvalue weighted by Crippen LogP contribution is 2.39. The number of nitrogens with one attached hydrogen (secondary N) is 1. The molecule has 1 saturated heterocycles. The van der Waals surface area contributed by atoms with Crippen molar-refractivity contribution >= 4 is 45.2 Å². The van der Waals surface area contributed by atoms with E-state index in [1.54, 1.807) is 14.2 Å². The summed E-state index contributed by atoms with van der Waals surface area (Å²) >= 11 is 11.4. The zero-order chi connectivity index (χ0) is 19.4. The van der Waals surface area contributed by atoms with Crippen molar-refractivity contribution in [3.05, 3.63) is 39.8 Å². The van der Waals surface area contributed by atoms with Crippen molar-refractivity contribution in [2.75, 3.05) is 39.1 Å². The number of anilines is 1. The molecule has 1 aliphatic heterocycles. The van der Waals surface area contributed by atoms with Crippen LogP contribution in [0.3, 0.4) is 0 Å². The Kier molecular flexibility index (Phi) is 7.03. The molecule has 1 heterocycles. The summed E-state index contributed by atoms with van der Waals surface area (Å²) in [5.41, 5.74) is 0.910. The van der Waals surface area contributed by atoms with Crippen LogP contribution in [0.2, 0.25) is 5.02 Å². The quantitative estimate of drug-likeness (QED) is 0.549. The number of hydrogen-bond donors (Lipinski definition) is 1. The zero-order valence-electron chi connectivity index (χ0n) is 15.4. The largest absolute Gasteiger partial charge is 0.493 e. The minimum atomic E-state index is 0.176. The summed E-state index contributed by atoms with van der Waals surface area (Å²) in [6, 6.07) is 9.51. The van der Waals surface area contributed by atoms with E-state index in [-0.39, 0.29) is 6.10 Å². The van der Waals surface area contributed by atoms with Gasteiger partial charge in [-0.3, -0.25) is 0 Å². The van der Waals surface area contributed by atoms with E-state index in [0.29, 0.717) is 22.3 Å². The molecule has 3 rings (SSSR count). The molecule has 146 valence electrons. The average molecular weight is 474 g/mol. The summed E-state index contributed by atoms with van der Waals surface area (Å²) in [6.45, 7) is 1.96. The maximum Gasteiger partial charge on any atom is 0.161 e. The lowest BCUT2D eigenvalue weighted by Gasteiger charge is -2.16. The maximum absolute atomic E-state index is 6.32. The van der Waals surface area contributed by atoms with E-state index in [1.165, 1.54) is 11.9 Å². The Morgan fingerprint density at radius 3 is 2.56 bits per heavy atom. The monoisotopic (exact) mass is 472 g/mol. The van der Waals surface area contributed by atoms with E-state index in [0.717, 1.165) is 34.6 Å². The molecule has 0 bridgehead atoms. The summed E-state index contributed by atoms with van der Waals surface area (Å²) in [4.78, 5) is 3.23. The van der Waals surface area contributed by atoms with Crippen LogP contribution in [0.25, 0.3) is 0 Å². The summed E-state index contributed by atoms with van der Waals surface area (Å²) in [6.07, 6.45) is 1.19. The van der Waals surface area contributed by atoms with Crippen LogP contribution in [-0.4, -0.2) is 45.4 Å². The number of benzene rings is 2. The van der Waals surface area contributed by atoms with Crippen LogP contribution in [0.15, 0.2) is 39.7 Å². The first-order chi connectivity index (χ1) is 13.0. The second-order valence-corrected chi connectivity index (χ2v) is 8.39. The molecular formula is C19H22BrClN2O3S. The third kappa shape index (κ3) is 5.16. The van der Waals surface area contributed by atoms with Crippen LogP contribution in [0.4, 0.5) is 5.69 Å². The maximum atomic E-state index is 6.32. The molecule has 8 heteroatoms. The van der Waals surface area contributed by atoms with Gasteiger partial charge in [0.2, 0.25) is 0 Å². The van der Waals surface area contributed by atoms with Gasteiger partial charge in [-0.25, -0.2) is 0 Å². The molecule has 5 nitrogen and oxygen atoms in total. The molecule has 0 aliphatic carbocycles. The Morgan fingerprint density at radius 2 is 1.89 bits per heavy atom. The Labute approximate surface area is 177 Å². The minimum absolute atomic E-state index is 0.176. The molecule has 0 unspecified atom stereocenters.